The number of amides is 1. The maximum Gasteiger partial charge on any atom is 0.307 e. The minimum atomic E-state index is -0.867. The second-order valence-electron chi connectivity index (χ2n) is 4.57. The van der Waals surface area contributed by atoms with Gasteiger partial charge in [0.15, 0.2) is 0 Å². The molecule has 2 N–H and O–H groups in total. The molecular weight excluding hydrogens is 218 g/mol. The Morgan fingerprint density at radius 1 is 1.24 bits per heavy atom. The summed E-state index contributed by atoms with van der Waals surface area (Å²) in [4.78, 5) is 22.6. The zero-order valence-corrected chi connectivity index (χ0v) is 10.1. The first-order valence-electron chi connectivity index (χ1n) is 5.41. The van der Waals surface area contributed by atoms with Crippen LogP contribution in [0.1, 0.15) is 25.8 Å². The average Bonchev–Trinajstić information content (AvgIpc) is 2.27. The molecule has 0 saturated carbocycles. The molecule has 0 fully saturated rings. The van der Waals surface area contributed by atoms with Crippen LogP contribution in [-0.4, -0.2) is 11.9 Å². The monoisotopic (exact) mass is 235 g/mol. The maximum absolute atomic E-state index is 11.5. The van der Waals surface area contributed by atoms with Crippen LogP contribution in [0.25, 0.3) is 0 Å². The molecular formula is C13H17NO3. The molecule has 1 amide bonds. The molecule has 0 aliphatic carbocycles. The first kappa shape index (κ1) is 13.2. The van der Waals surface area contributed by atoms with E-state index in [9.17, 15) is 9.59 Å². The molecule has 0 atom stereocenters. The Balaban J connectivity index is 2.44. The Hall–Kier alpha value is -1.84. The van der Waals surface area contributed by atoms with Crippen LogP contribution in [0.4, 0.5) is 0 Å². The normalized spacial score (nSPS) is 10.9. The molecule has 0 radical (unpaired) electrons. The molecule has 92 valence electrons. The second-order valence-corrected chi connectivity index (χ2v) is 4.57. The van der Waals surface area contributed by atoms with Crippen molar-refractivity contribution in [2.24, 2.45) is 11.1 Å². The molecule has 0 bridgehead atoms. The van der Waals surface area contributed by atoms with Crippen LogP contribution in [0.15, 0.2) is 30.3 Å². The topological polar surface area (TPSA) is 69.4 Å². The summed E-state index contributed by atoms with van der Waals surface area (Å²) in [6.45, 7) is 3.47. The summed E-state index contributed by atoms with van der Waals surface area (Å²) < 4.78 is 5.07. The van der Waals surface area contributed by atoms with E-state index in [-0.39, 0.29) is 13.0 Å². The van der Waals surface area contributed by atoms with Crippen LogP contribution < -0.4 is 5.73 Å². The number of nitrogens with two attached hydrogens (primary N) is 1. The smallest absolute Gasteiger partial charge is 0.307 e. The van der Waals surface area contributed by atoms with Crippen molar-refractivity contribution in [1.82, 2.24) is 0 Å². The fourth-order valence-corrected chi connectivity index (χ4v) is 1.24. The van der Waals surface area contributed by atoms with Crippen molar-refractivity contribution in [3.8, 4) is 0 Å². The number of hydrogen-bond acceptors (Lipinski definition) is 3. The van der Waals surface area contributed by atoms with Crippen molar-refractivity contribution in [2.75, 3.05) is 0 Å². The molecule has 1 rings (SSSR count). The highest BCUT2D eigenvalue weighted by molar-refractivity contribution is 5.85. The number of hydrogen-bond donors (Lipinski definition) is 1. The Morgan fingerprint density at radius 3 is 2.35 bits per heavy atom. The summed E-state index contributed by atoms with van der Waals surface area (Å²) in [5, 5.41) is 0. The fourth-order valence-electron chi connectivity index (χ4n) is 1.24. The number of primary amides is 1. The number of esters is 1. The van der Waals surface area contributed by atoms with Gasteiger partial charge in [-0.05, 0) is 5.56 Å². The minimum absolute atomic E-state index is 0.00479. The molecule has 17 heavy (non-hydrogen) atoms. The third-order valence-corrected chi connectivity index (χ3v) is 2.50. The molecule has 1 aromatic carbocycles. The SMILES string of the molecule is CC(C)(CC(=O)OCc1ccccc1)C(N)=O. The highest BCUT2D eigenvalue weighted by Gasteiger charge is 2.28. The fraction of sp³-hybridized carbons (Fsp3) is 0.385. The van der Waals surface area contributed by atoms with Gasteiger partial charge < -0.3 is 10.5 Å². The lowest BCUT2D eigenvalue weighted by Gasteiger charge is -2.18. The molecule has 4 nitrogen and oxygen atoms in total. The summed E-state index contributed by atoms with van der Waals surface area (Å²) in [7, 11) is 0. The zero-order chi connectivity index (χ0) is 12.9. The van der Waals surface area contributed by atoms with Gasteiger partial charge in [0.25, 0.3) is 0 Å². The third-order valence-electron chi connectivity index (χ3n) is 2.50. The molecule has 0 aromatic heterocycles. The lowest BCUT2D eigenvalue weighted by atomic mass is 9.89. The van der Waals surface area contributed by atoms with Gasteiger partial charge in [-0.25, -0.2) is 0 Å². The number of benzene rings is 1. The summed E-state index contributed by atoms with van der Waals surface area (Å²) in [6.07, 6.45) is -0.00479. The van der Waals surface area contributed by atoms with Crippen LogP contribution in [0.2, 0.25) is 0 Å². The molecule has 0 spiro atoms. The van der Waals surface area contributed by atoms with Crippen molar-refractivity contribution in [3.05, 3.63) is 35.9 Å². The summed E-state index contributed by atoms with van der Waals surface area (Å²) >= 11 is 0. The largest absolute Gasteiger partial charge is 0.461 e. The first-order chi connectivity index (χ1) is 7.92. The van der Waals surface area contributed by atoms with Gasteiger partial charge in [-0.3, -0.25) is 9.59 Å². The van der Waals surface area contributed by atoms with Gasteiger partial charge in [0, 0.05) is 0 Å². The molecule has 0 aliphatic heterocycles. The second kappa shape index (κ2) is 5.48. The quantitative estimate of drug-likeness (QED) is 0.788. The van der Waals surface area contributed by atoms with Gasteiger partial charge in [0.1, 0.15) is 6.61 Å². The Kier molecular flexibility index (Phi) is 4.26. The number of carbonyl (C=O) groups is 2. The first-order valence-corrected chi connectivity index (χ1v) is 5.41. The predicted molar refractivity (Wildman–Crippen MR) is 63.8 cm³/mol. The lowest BCUT2D eigenvalue weighted by Crippen LogP contribution is -2.34. The van der Waals surface area contributed by atoms with E-state index in [2.05, 4.69) is 0 Å². The number of carbonyl (C=O) groups excluding carboxylic acids is 2. The third kappa shape index (κ3) is 4.26. The summed E-state index contributed by atoms with van der Waals surface area (Å²) in [5.74, 6) is -0.924. The van der Waals surface area contributed by atoms with Crippen molar-refractivity contribution >= 4 is 11.9 Å². The molecule has 0 unspecified atom stereocenters. The minimum Gasteiger partial charge on any atom is -0.461 e. The van der Waals surface area contributed by atoms with Crippen LogP contribution >= 0.6 is 0 Å². The lowest BCUT2D eigenvalue weighted by molar-refractivity contribution is -0.150. The summed E-state index contributed by atoms with van der Waals surface area (Å²) in [5.41, 5.74) is 5.23. The van der Waals surface area contributed by atoms with Crippen molar-refractivity contribution in [1.29, 1.82) is 0 Å². The van der Waals surface area contributed by atoms with Gasteiger partial charge >= 0.3 is 5.97 Å². The van der Waals surface area contributed by atoms with E-state index in [4.69, 9.17) is 10.5 Å². The van der Waals surface area contributed by atoms with Crippen LogP contribution in [0.3, 0.4) is 0 Å². The van der Waals surface area contributed by atoms with E-state index in [1.54, 1.807) is 13.8 Å². The van der Waals surface area contributed by atoms with E-state index in [1.807, 2.05) is 30.3 Å². The van der Waals surface area contributed by atoms with E-state index in [0.29, 0.717) is 0 Å². The van der Waals surface area contributed by atoms with Gasteiger partial charge in [0.05, 0.1) is 11.8 Å². The Morgan fingerprint density at radius 2 is 1.82 bits per heavy atom. The molecule has 0 saturated heterocycles. The van der Waals surface area contributed by atoms with E-state index in [0.717, 1.165) is 5.56 Å². The number of ether oxygens (including phenoxy) is 1. The highest BCUT2D eigenvalue weighted by atomic mass is 16.5. The molecule has 0 heterocycles. The van der Waals surface area contributed by atoms with Crippen molar-refractivity contribution in [3.63, 3.8) is 0 Å². The van der Waals surface area contributed by atoms with E-state index < -0.39 is 17.3 Å². The maximum atomic E-state index is 11.5. The van der Waals surface area contributed by atoms with Gasteiger partial charge in [-0.2, -0.15) is 0 Å². The van der Waals surface area contributed by atoms with Crippen LogP contribution in [-0.2, 0) is 20.9 Å². The van der Waals surface area contributed by atoms with Crippen LogP contribution in [0.5, 0.6) is 0 Å². The van der Waals surface area contributed by atoms with Gasteiger partial charge in [-0.1, -0.05) is 44.2 Å². The van der Waals surface area contributed by atoms with Gasteiger partial charge in [0.2, 0.25) is 5.91 Å². The average molecular weight is 235 g/mol. The Labute approximate surface area is 101 Å². The predicted octanol–water partition coefficient (Wildman–Crippen LogP) is 1.63. The number of rotatable bonds is 5. The van der Waals surface area contributed by atoms with Crippen molar-refractivity contribution < 1.29 is 14.3 Å². The van der Waals surface area contributed by atoms with E-state index in [1.165, 1.54) is 0 Å². The van der Waals surface area contributed by atoms with Crippen LogP contribution in [0, 0.1) is 5.41 Å². The van der Waals surface area contributed by atoms with Gasteiger partial charge in [-0.15, -0.1) is 0 Å². The van der Waals surface area contributed by atoms with Crippen molar-refractivity contribution in [2.45, 2.75) is 26.9 Å². The summed E-state index contributed by atoms with van der Waals surface area (Å²) in [6, 6.07) is 9.37. The molecule has 0 aliphatic rings. The molecule has 1 aromatic rings. The highest BCUT2D eigenvalue weighted by Crippen LogP contribution is 2.20. The molecule has 4 heteroatoms. The van der Waals surface area contributed by atoms with E-state index >= 15 is 0 Å². The Bertz CT molecular complexity index is 398. The zero-order valence-electron chi connectivity index (χ0n) is 10.1. The standard InChI is InChI=1S/C13H17NO3/c1-13(2,12(14)16)8-11(15)17-9-10-6-4-3-5-7-10/h3-7H,8-9H2,1-2H3,(H2,14,16).